The average Bonchev–Trinajstić information content (AvgIpc) is 2.18. The van der Waals surface area contributed by atoms with E-state index < -0.39 is 11.5 Å². The van der Waals surface area contributed by atoms with Crippen LogP contribution >= 0.6 is 0 Å². The van der Waals surface area contributed by atoms with Crippen molar-refractivity contribution in [3.63, 3.8) is 0 Å². The van der Waals surface area contributed by atoms with Gasteiger partial charge in [0.1, 0.15) is 5.54 Å². The van der Waals surface area contributed by atoms with Crippen molar-refractivity contribution < 1.29 is 14.7 Å². The number of amides is 1. The minimum atomic E-state index is -1.11. The topological polar surface area (TPSA) is 66.4 Å². The zero-order valence-electron chi connectivity index (χ0n) is 10.5. The van der Waals surface area contributed by atoms with Crippen molar-refractivity contribution >= 4 is 11.9 Å². The summed E-state index contributed by atoms with van der Waals surface area (Å²) in [6.07, 6.45) is 4.49. The molecular formula is C12H23NO3. The molecule has 0 aromatic rings. The number of hydrogen-bond acceptors (Lipinski definition) is 2. The summed E-state index contributed by atoms with van der Waals surface area (Å²) in [4.78, 5) is 22.6. The molecule has 0 saturated carbocycles. The standard InChI is InChI=1S/C12H23NO3/c1-4-6-7-8-10(14)13-12(3,9-5-2)11(15)16/h4-9H2,1-3H3,(H,13,14)(H,15,16). The third-order valence-electron chi connectivity index (χ3n) is 2.64. The lowest BCUT2D eigenvalue weighted by Gasteiger charge is -2.25. The van der Waals surface area contributed by atoms with E-state index in [1.807, 2.05) is 6.92 Å². The number of carbonyl (C=O) groups is 2. The molecule has 1 unspecified atom stereocenters. The highest BCUT2D eigenvalue weighted by atomic mass is 16.4. The summed E-state index contributed by atoms with van der Waals surface area (Å²) in [5.41, 5.74) is -1.11. The third-order valence-corrected chi connectivity index (χ3v) is 2.64. The molecule has 1 atom stereocenters. The van der Waals surface area contributed by atoms with Gasteiger partial charge in [0, 0.05) is 6.42 Å². The molecule has 0 heterocycles. The quantitative estimate of drug-likeness (QED) is 0.628. The number of carboxylic acids is 1. The Morgan fingerprint density at radius 3 is 2.25 bits per heavy atom. The van der Waals surface area contributed by atoms with Crippen LogP contribution in [0.15, 0.2) is 0 Å². The van der Waals surface area contributed by atoms with Gasteiger partial charge in [0.05, 0.1) is 0 Å². The van der Waals surface area contributed by atoms with Gasteiger partial charge in [-0.05, 0) is 19.8 Å². The van der Waals surface area contributed by atoms with Crippen molar-refractivity contribution in [1.82, 2.24) is 5.32 Å². The smallest absolute Gasteiger partial charge is 0.329 e. The number of nitrogens with one attached hydrogen (secondary N) is 1. The highest BCUT2D eigenvalue weighted by Gasteiger charge is 2.33. The number of hydrogen-bond donors (Lipinski definition) is 2. The largest absolute Gasteiger partial charge is 0.480 e. The van der Waals surface area contributed by atoms with Gasteiger partial charge in [0.25, 0.3) is 0 Å². The zero-order chi connectivity index (χ0) is 12.6. The fourth-order valence-corrected chi connectivity index (χ4v) is 1.63. The molecule has 0 aliphatic heterocycles. The molecule has 0 aliphatic carbocycles. The van der Waals surface area contributed by atoms with Gasteiger partial charge < -0.3 is 10.4 Å². The second-order valence-electron chi connectivity index (χ2n) is 4.39. The Bertz CT molecular complexity index is 240. The van der Waals surface area contributed by atoms with E-state index in [0.29, 0.717) is 12.8 Å². The average molecular weight is 229 g/mol. The molecule has 0 saturated heterocycles. The van der Waals surface area contributed by atoms with Gasteiger partial charge in [-0.1, -0.05) is 33.1 Å². The number of carboxylic acid groups (broad SMARTS) is 1. The van der Waals surface area contributed by atoms with Crippen molar-refractivity contribution in [3.8, 4) is 0 Å². The Labute approximate surface area is 97.4 Å². The second-order valence-corrected chi connectivity index (χ2v) is 4.39. The molecule has 0 aromatic heterocycles. The zero-order valence-corrected chi connectivity index (χ0v) is 10.5. The summed E-state index contributed by atoms with van der Waals surface area (Å²) in [6.45, 7) is 5.54. The van der Waals surface area contributed by atoms with Gasteiger partial charge in [-0.15, -0.1) is 0 Å². The first kappa shape index (κ1) is 14.9. The van der Waals surface area contributed by atoms with Crippen molar-refractivity contribution in [2.45, 2.75) is 64.8 Å². The Hall–Kier alpha value is -1.06. The maximum Gasteiger partial charge on any atom is 0.329 e. The first-order chi connectivity index (χ1) is 7.46. The Morgan fingerprint density at radius 1 is 1.19 bits per heavy atom. The molecule has 4 nitrogen and oxygen atoms in total. The lowest BCUT2D eigenvalue weighted by Crippen LogP contribution is -2.52. The summed E-state index contributed by atoms with van der Waals surface area (Å²) in [5.74, 6) is -1.12. The highest BCUT2D eigenvalue weighted by molar-refractivity contribution is 5.86. The van der Waals surface area contributed by atoms with E-state index in [9.17, 15) is 9.59 Å². The van der Waals surface area contributed by atoms with Crippen LogP contribution in [0, 0.1) is 0 Å². The maximum atomic E-state index is 11.5. The summed E-state index contributed by atoms with van der Waals surface area (Å²) in [6, 6.07) is 0. The van der Waals surface area contributed by atoms with Crippen LogP contribution in [-0.4, -0.2) is 22.5 Å². The molecular weight excluding hydrogens is 206 g/mol. The van der Waals surface area contributed by atoms with Crippen molar-refractivity contribution in [3.05, 3.63) is 0 Å². The SMILES string of the molecule is CCCCCC(=O)NC(C)(CCC)C(=O)O. The van der Waals surface area contributed by atoms with Crippen LogP contribution in [0.25, 0.3) is 0 Å². The molecule has 4 heteroatoms. The Kier molecular flexibility index (Phi) is 6.77. The molecule has 0 bridgehead atoms. The van der Waals surface area contributed by atoms with Crippen molar-refractivity contribution in [2.24, 2.45) is 0 Å². The van der Waals surface area contributed by atoms with Gasteiger partial charge >= 0.3 is 5.97 Å². The van der Waals surface area contributed by atoms with Crippen molar-refractivity contribution in [2.75, 3.05) is 0 Å². The van der Waals surface area contributed by atoms with E-state index >= 15 is 0 Å². The predicted molar refractivity (Wildman–Crippen MR) is 63.2 cm³/mol. The fraction of sp³-hybridized carbons (Fsp3) is 0.833. The summed E-state index contributed by atoms with van der Waals surface area (Å²) < 4.78 is 0. The second kappa shape index (κ2) is 7.25. The van der Waals surface area contributed by atoms with Gasteiger partial charge in [0.15, 0.2) is 0 Å². The van der Waals surface area contributed by atoms with Crippen LogP contribution in [0.5, 0.6) is 0 Å². The van der Waals surface area contributed by atoms with Crippen LogP contribution < -0.4 is 5.32 Å². The van der Waals surface area contributed by atoms with Crippen molar-refractivity contribution in [1.29, 1.82) is 0 Å². The summed E-state index contributed by atoms with van der Waals surface area (Å²) in [5, 5.41) is 11.7. The van der Waals surface area contributed by atoms with E-state index in [0.717, 1.165) is 25.7 Å². The van der Waals surface area contributed by atoms with Gasteiger partial charge in [-0.3, -0.25) is 4.79 Å². The first-order valence-corrected chi connectivity index (χ1v) is 6.00. The lowest BCUT2D eigenvalue weighted by atomic mass is 9.96. The third kappa shape index (κ3) is 5.14. The van der Waals surface area contributed by atoms with E-state index in [1.165, 1.54) is 0 Å². The molecule has 16 heavy (non-hydrogen) atoms. The number of aliphatic carboxylic acids is 1. The summed E-state index contributed by atoms with van der Waals surface area (Å²) in [7, 11) is 0. The molecule has 2 N–H and O–H groups in total. The highest BCUT2D eigenvalue weighted by Crippen LogP contribution is 2.13. The molecule has 0 radical (unpaired) electrons. The summed E-state index contributed by atoms with van der Waals surface area (Å²) >= 11 is 0. The van der Waals surface area contributed by atoms with Crippen LogP contribution in [-0.2, 0) is 9.59 Å². The van der Waals surface area contributed by atoms with E-state index in [-0.39, 0.29) is 5.91 Å². The van der Waals surface area contributed by atoms with E-state index in [4.69, 9.17) is 5.11 Å². The van der Waals surface area contributed by atoms with Crippen LogP contribution in [0.3, 0.4) is 0 Å². The number of rotatable bonds is 8. The molecule has 0 fully saturated rings. The Balaban J connectivity index is 4.19. The van der Waals surface area contributed by atoms with E-state index in [2.05, 4.69) is 12.2 Å². The fourth-order valence-electron chi connectivity index (χ4n) is 1.63. The van der Waals surface area contributed by atoms with E-state index in [1.54, 1.807) is 6.92 Å². The molecule has 0 aliphatic rings. The number of carbonyl (C=O) groups excluding carboxylic acids is 1. The molecule has 94 valence electrons. The molecule has 0 aromatic carbocycles. The first-order valence-electron chi connectivity index (χ1n) is 6.00. The molecule has 0 spiro atoms. The van der Waals surface area contributed by atoms with Crippen LogP contribution in [0.4, 0.5) is 0 Å². The lowest BCUT2D eigenvalue weighted by molar-refractivity contribution is -0.147. The Morgan fingerprint density at radius 2 is 1.81 bits per heavy atom. The van der Waals surface area contributed by atoms with Gasteiger partial charge in [0.2, 0.25) is 5.91 Å². The molecule has 1 amide bonds. The normalized spacial score (nSPS) is 14.2. The molecule has 0 rings (SSSR count). The maximum absolute atomic E-state index is 11.5. The van der Waals surface area contributed by atoms with Crippen LogP contribution in [0.2, 0.25) is 0 Å². The predicted octanol–water partition coefficient (Wildman–Crippen LogP) is 2.33. The minimum Gasteiger partial charge on any atom is -0.480 e. The van der Waals surface area contributed by atoms with Crippen LogP contribution in [0.1, 0.15) is 59.3 Å². The van der Waals surface area contributed by atoms with Gasteiger partial charge in [-0.2, -0.15) is 0 Å². The minimum absolute atomic E-state index is 0.160. The number of unbranched alkanes of at least 4 members (excludes halogenated alkanes) is 2. The monoisotopic (exact) mass is 229 g/mol. The van der Waals surface area contributed by atoms with Gasteiger partial charge in [-0.25, -0.2) is 4.79 Å².